The number of halogens is 2. The summed E-state index contributed by atoms with van der Waals surface area (Å²) in [5.41, 5.74) is 1.74. The molecular weight excluding hydrogens is 299 g/mol. The van der Waals surface area contributed by atoms with Crippen molar-refractivity contribution in [3.8, 4) is 0 Å². The number of pyridine rings is 1. The Bertz CT molecular complexity index is 601. The Morgan fingerprint density at radius 1 is 1.33 bits per heavy atom. The lowest BCUT2D eigenvalue weighted by Gasteiger charge is -2.07. The maximum absolute atomic E-state index is 12.9. The lowest BCUT2D eigenvalue weighted by Crippen LogP contribution is -2.14. The molecule has 18 heavy (non-hydrogen) atoms. The molecule has 1 heterocycles. The van der Waals surface area contributed by atoms with Gasteiger partial charge in [0.2, 0.25) is 5.95 Å². The van der Waals surface area contributed by atoms with Gasteiger partial charge in [-0.05, 0) is 52.7 Å². The fraction of sp³-hybridized carbons (Fsp3) is 0.0769. The Kier molecular flexibility index (Phi) is 3.72. The predicted molar refractivity (Wildman–Crippen MR) is 71.0 cm³/mol. The second-order valence-corrected chi connectivity index (χ2v) is 4.64. The van der Waals surface area contributed by atoms with Gasteiger partial charge in [-0.1, -0.05) is 12.1 Å². The van der Waals surface area contributed by atoms with Crippen molar-refractivity contribution in [2.24, 2.45) is 0 Å². The van der Waals surface area contributed by atoms with E-state index in [0.717, 1.165) is 10.0 Å². The molecule has 0 fully saturated rings. The number of aromatic nitrogens is 1. The third-order valence-corrected chi connectivity index (χ3v) is 2.98. The first-order chi connectivity index (χ1) is 8.56. The minimum atomic E-state index is -0.675. The van der Waals surface area contributed by atoms with E-state index >= 15 is 0 Å². The van der Waals surface area contributed by atoms with Crippen LogP contribution in [0.4, 0.5) is 10.1 Å². The maximum atomic E-state index is 12.9. The van der Waals surface area contributed by atoms with Crippen LogP contribution in [0.15, 0.2) is 40.9 Å². The number of carbonyl (C=O) groups excluding carboxylic acids is 1. The van der Waals surface area contributed by atoms with Crippen molar-refractivity contribution in [1.29, 1.82) is 0 Å². The van der Waals surface area contributed by atoms with Crippen molar-refractivity contribution in [3.63, 3.8) is 0 Å². The van der Waals surface area contributed by atoms with Gasteiger partial charge in [0.1, 0.15) is 5.69 Å². The van der Waals surface area contributed by atoms with Gasteiger partial charge in [-0.25, -0.2) is 4.98 Å². The van der Waals surface area contributed by atoms with Gasteiger partial charge in [0.15, 0.2) is 0 Å². The van der Waals surface area contributed by atoms with E-state index in [1.807, 2.05) is 19.1 Å². The van der Waals surface area contributed by atoms with E-state index in [0.29, 0.717) is 5.69 Å². The molecule has 1 amide bonds. The summed E-state index contributed by atoms with van der Waals surface area (Å²) in [7, 11) is 0. The fourth-order valence-electron chi connectivity index (χ4n) is 1.44. The highest BCUT2D eigenvalue weighted by Gasteiger charge is 2.10. The highest BCUT2D eigenvalue weighted by molar-refractivity contribution is 9.10. The van der Waals surface area contributed by atoms with Crippen LogP contribution in [0.5, 0.6) is 0 Å². The van der Waals surface area contributed by atoms with Gasteiger partial charge in [0, 0.05) is 4.47 Å². The zero-order valence-electron chi connectivity index (χ0n) is 9.58. The molecular formula is C13H10BrFN2O. The molecule has 0 radical (unpaired) electrons. The second-order valence-electron chi connectivity index (χ2n) is 3.78. The summed E-state index contributed by atoms with van der Waals surface area (Å²) in [6, 6.07) is 9.63. The average Bonchev–Trinajstić information content (AvgIpc) is 2.32. The number of carbonyl (C=O) groups is 1. The molecule has 0 bridgehead atoms. The van der Waals surface area contributed by atoms with E-state index in [2.05, 4.69) is 26.2 Å². The van der Waals surface area contributed by atoms with Crippen LogP contribution in [-0.4, -0.2) is 10.9 Å². The standard InChI is InChI=1S/C13H10BrFN2O/c1-8-5-6-10(9(14)7-8)17-13(18)11-3-2-4-12(15)16-11/h2-7H,1H3,(H,17,18). The zero-order chi connectivity index (χ0) is 13.1. The van der Waals surface area contributed by atoms with E-state index in [4.69, 9.17) is 0 Å². The van der Waals surface area contributed by atoms with Crippen LogP contribution in [0.25, 0.3) is 0 Å². The minimum Gasteiger partial charge on any atom is -0.320 e. The number of hydrogen-bond acceptors (Lipinski definition) is 2. The summed E-state index contributed by atoms with van der Waals surface area (Å²) in [4.78, 5) is 15.4. The molecule has 0 atom stereocenters. The highest BCUT2D eigenvalue weighted by Crippen LogP contribution is 2.23. The summed E-state index contributed by atoms with van der Waals surface area (Å²) >= 11 is 3.35. The van der Waals surface area contributed by atoms with Crippen LogP contribution >= 0.6 is 15.9 Å². The number of aryl methyl sites for hydroxylation is 1. The molecule has 5 heteroatoms. The number of nitrogens with one attached hydrogen (secondary N) is 1. The molecule has 0 spiro atoms. The van der Waals surface area contributed by atoms with Gasteiger partial charge >= 0.3 is 0 Å². The molecule has 0 aliphatic heterocycles. The SMILES string of the molecule is Cc1ccc(NC(=O)c2cccc(F)n2)c(Br)c1. The first-order valence-corrected chi connectivity index (χ1v) is 6.05. The van der Waals surface area contributed by atoms with Crippen molar-refractivity contribution >= 4 is 27.5 Å². The topological polar surface area (TPSA) is 42.0 Å². The molecule has 1 aromatic heterocycles. The Balaban J connectivity index is 2.21. The number of nitrogens with zero attached hydrogens (tertiary/aromatic N) is 1. The number of amides is 1. The van der Waals surface area contributed by atoms with Crippen molar-refractivity contribution in [3.05, 3.63) is 58.1 Å². The Labute approximate surface area is 112 Å². The van der Waals surface area contributed by atoms with Crippen molar-refractivity contribution in [1.82, 2.24) is 4.98 Å². The molecule has 0 saturated heterocycles. The van der Waals surface area contributed by atoms with Crippen molar-refractivity contribution in [2.75, 3.05) is 5.32 Å². The molecule has 0 aliphatic carbocycles. The second kappa shape index (κ2) is 5.27. The van der Waals surface area contributed by atoms with Crippen LogP contribution in [0.3, 0.4) is 0 Å². The third kappa shape index (κ3) is 2.92. The van der Waals surface area contributed by atoms with Gasteiger partial charge in [0.05, 0.1) is 5.69 Å². The zero-order valence-corrected chi connectivity index (χ0v) is 11.2. The Hall–Kier alpha value is -1.75. The Morgan fingerprint density at radius 2 is 2.11 bits per heavy atom. The molecule has 0 saturated carbocycles. The average molecular weight is 309 g/mol. The van der Waals surface area contributed by atoms with Gasteiger partial charge in [-0.15, -0.1) is 0 Å². The molecule has 1 N–H and O–H groups in total. The first-order valence-electron chi connectivity index (χ1n) is 5.26. The fourth-order valence-corrected chi connectivity index (χ4v) is 2.03. The van der Waals surface area contributed by atoms with Gasteiger partial charge in [-0.3, -0.25) is 4.79 Å². The predicted octanol–water partition coefficient (Wildman–Crippen LogP) is 3.54. The van der Waals surface area contributed by atoms with Crippen LogP contribution < -0.4 is 5.32 Å². The molecule has 1 aromatic carbocycles. The quantitative estimate of drug-likeness (QED) is 0.862. The molecule has 92 valence electrons. The minimum absolute atomic E-state index is 0.0440. The molecule has 2 rings (SSSR count). The summed E-state index contributed by atoms with van der Waals surface area (Å²) < 4.78 is 13.7. The van der Waals surface area contributed by atoms with E-state index in [1.165, 1.54) is 18.2 Å². The molecule has 0 unspecified atom stereocenters. The van der Waals surface area contributed by atoms with E-state index in [1.54, 1.807) is 6.07 Å². The summed E-state index contributed by atoms with van der Waals surface area (Å²) in [6.07, 6.45) is 0. The first kappa shape index (κ1) is 12.7. The van der Waals surface area contributed by atoms with Gasteiger partial charge in [-0.2, -0.15) is 4.39 Å². The normalized spacial score (nSPS) is 10.2. The summed E-state index contributed by atoms with van der Waals surface area (Å²) in [5.74, 6) is -1.12. The number of anilines is 1. The lowest BCUT2D eigenvalue weighted by molar-refractivity contribution is 0.102. The van der Waals surface area contributed by atoms with Gasteiger partial charge in [0.25, 0.3) is 5.91 Å². The van der Waals surface area contributed by atoms with Crippen molar-refractivity contribution in [2.45, 2.75) is 6.92 Å². The Morgan fingerprint density at radius 3 is 2.78 bits per heavy atom. The van der Waals surface area contributed by atoms with Gasteiger partial charge < -0.3 is 5.32 Å². The van der Waals surface area contributed by atoms with E-state index in [-0.39, 0.29) is 5.69 Å². The summed E-state index contributed by atoms with van der Waals surface area (Å²) in [6.45, 7) is 1.95. The number of rotatable bonds is 2. The van der Waals surface area contributed by atoms with Crippen LogP contribution in [0.1, 0.15) is 16.1 Å². The third-order valence-electron chi connectivity index (χ3n) is 2.32. The molecule has 3 nitrogen and oxygen atoms in total. The van der Waals surface area contributed by atoms with Crippen LogP contribution in [0, 0.1) is 12.9 Å². The lowest BCUT2D eigenvalue weighted by atomic mass is 10.2. The highest BCUT2D eigenvalue weighted by atomic mass is 79.9. The number of hydrogen-bond donors (Lipinski definition) is 1. The van der Waals surface area contributed by atoms with Crippen LogP contribution in [0.2, 0.25) is 0 Å². The van der Waals surface area contributed by atoms with Crippen LogP contribution in [-0.2, 0) is 0 Å². The van der Waals surface area contributed by atoms with E-state index in [9.17, 15) is 9.18 Å². The monoisotopic (exact) mass is 308 g/mol. The smallest absolute Gasteiger partial charge is 0.274 e. The van der Waals surface area contributed by atoms with Crippen molar-refractivity contribution < 1.29 is 9.18 Å². The van der Waals surface area contributed by atoms with E-state index < -0.39 is 11.9 Å². The maximum Gasteiger partial charge on any atom is 0.274 e. The summed E-state index contributed by atoms with van der Waals surface area (Å²) in [5, 5.41) is 2.67. The largest absolute Gasteiger partial charge is 0.320 e. The number of benzene rings is 1. The molecule has 0 aliphatic rings. The molecule has 2 aromatic rings.